The minimum atomic E-state index is -1.36. The van der Waals surface area contributed by atoms with E-state index in [0.717, 1.165) is 0 Å². The van der Waals surface area contributed by atoms with Crippen molar-refractivity contribution in [1.82, 2.24) is 5.32 Å². The molecule has 0 aromatic heterocycles. The Morgan fingerprint density at radius 1 is 1.54 bits per heavy atom. The van der Waals surface area contributed by atoms with E-state index in [4.69, 9.17) is 5.11 Å². The average Bonchev–Trinajstić information content (AvgIpc) is 2.04. The van der Waals surface area contributed by atoms with Gasteiger partial charge in [-0.05, 0) is 20.3 Å². The smallest absolute Gasteiger partial charge is 0.318 e. The normalized spacial score (nSPS) is 10.6. The average molecular weight is 185 g/mol. The van der Waals surface area contributed by atoms with Crippen LogP contribution in [0, 0.1) is 5.41 Å². The lowest BCUT2D eigenvalue weighted by molar-refractivity contribution is -0.153. The number of carboxylic acid groups (broad SMARTS) is 1. The van der Waals surface area contributed by atoms with Gasteiger partial charge in [-0.1, -0.05) is 6.08 Å². The Hall–Kier alpha value is -1.32. The molecule has 0 spiro atoms. The number of nitrogens with one attached hydrogen (secondary N) is 1. The van der Waals surface area contributed by atoms with E-state index in [1.165, 1.54) is 13.8 Å². The molecule has 0 rings (SSSR count). The van der Waals surface area contributed by atoms with Crippen molar-refractivity contribution < 1.29 is 14.7 Å². The van der Waals surface area contributed by atoms with Crippen LogP contribution in [-0.2, 0) is 9.59 Å². The van der Waals surface area contributed by atoms with Crippen LogP contribution in [0.5, 0.6) is 0 Å². The maximum Gasteiger partial charge on any atom is 0.318 e. The van der Waals surface area contributed by atoms with Gasteiger partial charge in [0, 0.05) is 6.54 Å². The second-order valence-electron chi connectivity index (χ2n) is 3.26. The van der Waals surface area contributed by atoms with Gasteiger partial charge in [-0.25, -0.2) is 0 Å². The molecule has 0 fully saturated rings. The van der Waals surface area contributed by atoms with Crippen LogP contribution in [0.25, 0.3) is 0 Å². The van der Waals surface area contributed by atoms with E-state index in [9.17, 15) is 9.59 Å². The number of rotatable bonds is 5. The predicted molar refractivity (Wildman–Crippen MR) is 49.2 cm³/mol. The zero-order valence-electron chi connectivity index (χ0n) is 7.96. The Kier molecular flexibility index (Phi) is 4.17. The predicted octanol–water partition coefficient (Wildman–Crippen LogP) is 0.790. The molecule has 0 aliphatic heterocycles. The SMILES string of the molecule is C=CCCNC(=O)C(C)(C)C(=O)O. The number of aliphatic carboxylic acids is 1. The van der Waals surface area contributed by atoms with Gasteiger partial charge in [0.05, 0.1) is 0 Å². The summed E-state index contributed by atoms with van der Waals surface area (Å²) in [6.45, 7) is 6.66. The molecule has 0 aliphatic carbocycles. The van der Waals surface area contributed by atoms with E-state index in [0.29, 0.717) is 13.0 Å². The third-order valence-electron chi connectivity index (χ3n) is 1.74. The van der Waals surface area contributed by atoms with Crippen molar-refractivity contribution in [3.05, 3.63) is 12.7 Å². The molecule has 0 aromatic rings. The first-order valence-corrected chi connectivity index (χ1v) is 4.05. The Morgan fingerprint density at radius 3 is 2.46 bits per heavy atom. The number of carbonyl (C=O) groups excluding carboxylic acids is 1. The standard InChI is InChI=1S/C9H15NO3/c1-4-5-6-10-7(11)9(2,3)8(12)13/h4H,1,5-6H2,2-3H3,(H,10,11)(H,12,13). The maximum atomic E-state index is 11.3. The van der Waals surface area contributed by atoms with Crippen molar-refractivity contribution in [2.75, 3.05) is 6.54 Å². The fourth-order valence-corrected chi connectivity index (χ4v) is 0.606. The fourth-order valence-electron chi connectivity index (χ4n) is 0.606. The lowest BCUT2D eigenvalue weighted by Gasteiger charge is -2.17. The molecule has 4 nitrogen and oxygen atoms in total. The topological polar surface area (TPSA) is 66.4 Å². The molecule has 0 heterocycles. The number of carbonyl (C=O) groups is 2. The maximum absolute atomic E-state index is 11.3. The molecule has 0 bridgehead atoms. The fraction of sp³-hybridized carbons (Fsp3) is 0.556. The summed E-state index contributed by atoms with van der Waals surface area (Å²) >= 11 is 0. The largest absolute Gasteiger partial charge is 0.480 e. The molecule has 74 valence electrons. The zero-order valence-corrected chi connectivity index (χ0v) is 7.96. The summed E-state index contributed by atoms with van der Waals surface area (Å²) in [5.74, 6) is -1.59. The molecule has 0 aliphatic rings. The summed E-state index contributed by atoms with van der Waals surface area (Å²) in [7, 11) is 0. The van der Waals surface area contributed by atoms with Gasteiger partial charge in [-0.2, -0.15) is 0 Å². The van der Waals surface area contributed by atoms with Crippen LogP contribution in [0.15, 0.2) is 12.7 Å². The van der Waals surface area contributed by atoms with Gasteiger partial charge in [-0.15, -0.1) is 6.58 Å². The molecule has 0 atom stereocenters. The Labute approximate surface area is 77.6 Å². The van der Waals surface area contributed by atoms with Crippen molar-refractivity contribution in [2.45, 2.75) is 20.3 Å². The minimum absolute atomic E-state index is 0.430. The highest BCUT2D eigenvalue weighted by molar-refractivity contribution is 6.00. The molecule has 0 unspecified atom stereocenters. The summed E-state index contributed by atoms with van der Waals surface area (Å²) in [4.78, 5) is 21.9. The van der Waals surface area contributed by atoms with Crippen LogP contribution in [0.3, 0.4) is 0 Å². The Balaban J connectivity index is 4.10. The first kappa shape index (κ1) is 11.7. The van der Waals surface area contributed by atoms with Crippen LogP contribution < -0.4 is 5.32 Å². The molecule has 0 radical (unpaired) electrons. The van der Waals surface area contributed by atoms with Crippen molar-refractivity contribution in [2.24, 2.45) is 5.41 Å². The van der Waals surface area contributed by atoms with E-state index < -0.39 is 17.3 Å². The monoisotopic (exact) mass is 185 g/mol. The van der Waals surface area contributed by atoms with Gasteiger partial charge in [0.2, 0.25) is 5.91 Å². The van der Waals surface area contributed by atoms with Crippen molar-refractivity contribution >= 4 is 11.9 Å². The summed E-state index contributed by atoms with van der Waals surface area (Å²) in [5, 5.41) is 11.2. The molecule has 13 heavy (non-hydrogen) atoms. The van der Waals surface area contributed by atoms with Gasteiger partial charge in [-0.3, -0.25) is 9.59 Å². The van der Waals surface area contributed by atoms with E-state index in [-0.39, 0.29) is 0 Å². The van der Waals surface area contributed by atoms with Crippen molar-refractivity contribution in [3.63, 3.8) is 0 Å². The quantitative estimate of drug-likeness (QED) is 0.378. The van der Waals surface area contributed by atoms with Crippen LogP contribution in [0.1, 0.15) is 20.3 Å². The first-order chi connectivity index (χ1) is 5.92. The van der Waals surface area contributed by atoms with Gasteiger partial charge in [0.15, 0.2) is 0 Å². The minimum Gasteiger partial charge on any atom is -0.480 e. The van der Waals surface area contributed by atoms with Crippen LogP contribution in [0.4, 0.5) is 0 Å². The number of amides is 1. The second-order valence-corrected chi connectivity index (χ2v) is 3.26. The van der Waals surface area contributed by atoms with E-state index >= 15 is 0 Å². The molecule has 0 aromatic carbocycles. The first-order valence-electron chi connectivity index (χ1n) is 4.05. The Morgan fingerprint density at radius 2 is 2.08 bits per heavy atom. The molecular formula is C9H15NO3. The summed E-state index contributed by atoms with van der Waals surface area (Å²) in [5.41, 5.74) is -1.36. The zero-order chi connectivity index (χ0) is 10.5. The molecule has 4 heteroatoms. The highest BCUT2D eigenvalue weighted by Gasteiger charge is 2.35. The highest BCUT2D eigenvalue weighted by atomic mass is 16.4. The second kappa shape index (κ2) is 4.64. The number of hydrogen-bond acceptors (Lipinski definition) is 2. The van der Waals surface area contributed by atoms with Gasteiger partial charge in [0.1, 0.15) is 5.41 Å². The lowest BCUT2D eigenvalue weighted by Crippen LogP contribution is -2.42. The summed E-state index contributed by atoms with van der Waals surface area (Å²) in [6.07, 6.45) is 2.30. The number of hydrogen-bond donors (Lipinski definition) is 2. The van der Waals surface area contributed by atoms with E-state index in [1.54, 1.807) is 6.08 Å². The van der Waals surface area contributed by atoms with Crippen molar-refractivity contribution in [3.8, 4) is 0 Å². The van der Waals surface area contributed by atoms with Gasteiger partial charge < -0.3 is 10.4 Å². The van der Waals surface area contributed by atoms with E-state index in [1.807, 2.05) is 0 Å². The van der Waals surface area contributed by atoms with E-state index in [2.05, 4.69) is 11.9 Å². The summed E-state index contributed by atoms with van der Waals surface area (Å²) < 4.78 is 0. The molecule has 0 saturated carbocycles. The third kappa shape index (κ3) is 3.27. The van der Waals surface area contributed by atoms with Crippen LogP contribution in [0.2, 0.25) is 0 Å². The third-order valence-corrected chi connectivity index (χ3v) is 1.74. The van der Waals surface area contributed by atoms with Crippen LogP contribution in [-0.4, -0.2) is 23.5 Å². The summed E-state index contributed by atoms with van der Waals surface area (Å²) in [6, 6.07) is 0. The molecule has 2 N–H and O–H groups in total. The van der Waals surface area contributed by atoms with Crippen LogP contribution >= 0.6 is 0 Å². The molecule has 0 saturated heterocycles. The lowest BCUT2D eigenvalue weighted by atomic mass is 9.93. The highest BCUT2D eigenvalue weighted by Crippen LogP contribution is 2.14. The molecule has 1 amide bonds. The molecular weight excluding hydrogens is 170 g/mol. The van der Waals surface area contributed by atoms with Gasteiger partial charge in [0.25, 0.3) is 0 Å². The van der Waals surface area contributed by atoms with Gasteiger partial charge >= 0.3 is 5.97 Å². The Bertz CT molecular complexity index is 221. The van der Waals surface area contributed by atoms with Crippen molar-refractivity contribution in [1.29, 1.82) is 0 Å². The number of carboxylic acids is 1.